The van der Waals surface area contributed by atoms with E-state index >= 15 is 0 Å². The first-order chi connectivity index (χ1) is 4.95. The highest BCUT2D eigenvalue weighted by Crippen LogP contribution is 1.88. The highest BCUT2D eigenvalue weighted by Gasteiger charge is 2.12. The molecule has 6 nitrogen and oxygen atoms in total. The molecule has 0 aromatic carbocycles. The molecule has 0 aromatic heterocycles. The molecule has 0 fully saturated rings. The summed E-state index contributed by atoms with van der Waals surface area (Å²) < 4.78 is 0. The minimum Gasteiger partial charge on any atom is -0.502 e. The van der Waals surface area contributed by atoms with Crippen LogP contribution in [0.1, 0.15) is 0 Å². The van der Waals surface area contributed by atoms with Crippen LogP contribution in [0.5, 0.6) is 0 Å². The van der Waals surface area contributed by atoms with Gasteiger partial charge in [-0.25, -0.2) is 9.59 Å². The molecule has 6 heteroatoms. The van der Waals surface area contributed by atoms with Crippen LogP contribution in [-0.4, -0.2) is 33.0 Å². The smallest absolute Gasteiger partial charge is 0.376 e. The average Bonchev–Trinajstić information content (AvgIpc) is 1.87. The number of carbonyl (C=O) groups is 3. The molecule has 0 aliphatic rings. The third kappa shape index (κ3) is 2.99. The van der Waals surface area contributed by atoms with Gasteiger partial charge in [-0.05, 0) is 0 Å². The fraction of sp³-hybridized carbons (Fsp3) is 0. The zero-order valence-electron chi connectivity index (χ0n) is 5.14. The van der Waals surface area contributed by atoms with E-state index in [0.29, 0.717) is 0 Å². The Morgan fingerprint density at radius 1 is 0.909 bits per heavy atom. The van der Waals surface area contributed by atoms with E-state index in [9.17, 15) is 14.4 Å². The van der Waals surface area contributed by atoms with Crippen LogP contribution in [0.2, 0.25) is 0 Å². The standard InChI is InChI=1S/C5H4O6/c6-2(4(8)9)1-3(7)5(10)11/h1,6H,(H,8,9)(H,10,11)/b2-1+. The maximum Gasteiger partial charge on any atom is 0.376 e. The Kier molecular flexibility index (Phi) is 2.79. The van der Waals surface area contributed by atoms with Crippen molar-refractivity contribution in [3.8, 4) is 0 Å². The first-order valence-electron chi connectivity index (χ1n) is 2.36. The SMILES string of the molecule is O=C(O)C(=O)/C=C(/O)C(=O)O. The van der Waals surface area contributed by atoms with Crippen molar-refractivity contribution in [2.75, 3.05) is 0 Å². The van der Waals surface area contributed by atoms with Crippen molar-refractivity contribution in [2.24, 2.45) is 0 Å². The molecule has 0 spiro atoms. The molecule has 11 heavy (non-hydrogen) atoms. The summed E-state index contributed by atoms with van der Waals surface area (Å²) in [4.78, 5) is 29.7. The molecule has 0 atom stereocenters. The minimum absolute atomic E-state index is 0.116. The number of ketones is 1. The van der Waals surface area contributed by atoms with Gasteiger partial charge in [0.1, 0.15) is 0 Å². The molecule has 0 radical (unpaired) electrons. The van der Waals surface area contributed by atoms with Crippen LogP contribution in [0.25, 0.3) is 0 Å². The number of hydrogen-bond donors (Lipinski definition) is 3. The molecule has 60 valence electrons. The fourth-order valence-corrected chi connectivity index (χ4v) is 0.248. The van der Waals surface area contributed by atoms with Crippen molar-refractivity contribution in [1.82, 2.24) is 0 Å². The lowest BCUT2D eigenvalue weighted by atomic mass is 10.3. The summed E-state index contributed by atoms with van der Waals surface area (Å²) >= 11 is 0. The van der Waals surface area contributed by atoms with Gasteiger partial charge in [-0.15, -0.1) is 0 Å². The van der Waals surface area contributed by atoms with E-state index in [0.717, 1.165) is 0 Å². The second-order valence-corrected chi connectivity index (χ2v) is 1.50. The molecule has 0 amide bonds. The molecule has 0 aliphatic carbocycles. The Labute approximate surface area is 60.4 Å². The van der Waals surface area contributed by atoms with Gasteiger partial charge < -0.3 is 15.3 Å². The van der Waals surface area contributed by atoms with Crippen molar-refractivity contribution < 1.29 is 29.7 Å². The third-order valence-corrected chi connectivity index (χ3v) is 0.698. The normalized spacial score (nSPS) is 10.7. The Morgan fingerprint density at radius 2 is 1.36 bits per heavy atom. The quantitative estimate of drug-likeness (QED) is 0.282. The van der Waals surface area contributed by atoms with E-state index in [1.807, 2.05) is 0 Å². The highest BCUT2D eigenvalue weighted by atomic mass is 16.4. The van der Waals surface area contributed by atoms with E-state index in [1.165, 1.54) is 0 Å². The molecule has 0 bridgehead atoms. The van der Waals surface area contributed by atoms with E-state index < -0.39 is 23.5 Å². The van der Waals surface area contributed by atoms with Gasteiger partial charge in [-0.1, -0.05) is 0 Å². The first-order valence-corrected chi connectivity index (χ1v) is 2.36. The van der Waals surface area contributed by atoms with Crippen LogP contribution in [0.15, 0.2) is 11.8 Å². The highest BCUT2D eigenvalue weighted by molar-refractivity contribution is 6.38. The van der Waals surface area contributed by atoms with Gasteiger partial charge in [0.25, 0.3) is 5.78 Å². The lowest BCUT2D eigenvalue weighted by molar-refractivity contribution is -0.147. The van der Waals surface area contributed by atoms with Crippen molar-refractivity contribution >= 4 is 17.7 Å². The predicted octanol–water partition coefficient (Wildman–Crippen LogP) is -0.833. The fourth-order valence-electron chi connectivity index (χ4n) is 0.248. The zero-order valence-corrected chi connectivity index (χ0v) is 5.14. The van der Waals surface area contributed by atoms with Gasteiger partial charge in [-0.3, -0.25) is 4.79 Å². The number of carboxylic acids is 2. The molecule has 0 unspecified atom stereocenters. The minimum atomic E-state index is -1.82. The summed E-state index contributed by atoms with van der Waals surface area (Å²) in [5, 5.41) is 24.2. The Morgan fingerprint density at radius 3 is 1.64 bits per heavy atom. The van der Waals surface area contributed by atoms with Crippen LogP contribution in [0, 0.1) is 0 Å². The van der Waals surface area contributed by atoms with Crippen molar-refractivity contribution in [3.05, 3.63) is 11.8 Å². The van der Waals surface area contributed by atoms with Gasteiger partial charge >= 0.3 is 11.9 Å². The Bertz CT molecular complexity index is 237. The van der Waals surface area contributed by atoms with Gasteiger partial charge in [0.15, 0.2) is 0 Å². The molecule has 0 saturated heterocycles. The second-order valence-electron chi connectivity index (χ2n) is 1.50. The topological polar surface area (TPSA) is 112 Å². The number of aliphatic hydroxyl groups is 1. The number of carboxylic acid groups (broad SMARTS) is 2. The molecule has 0 saturated carbocycles. The molecule has 0 rings (SSSR count). The largest absolute Gasteiger partial charge is 0.502 e. The number of hydrogen-bond acceptors (Lipinski definition) is 4. The van der Waals surface area contributed by atoms with Crippen molar-refractivity contribution in [2.45, 2.75) is 0 Å². The molecular formula is C5H4O6. The first kappa shape index (κ1) is 9.15. The molecule has 0 aromatic rings. The number of rotatable bonds is 3. The molecule has 3 N–H and O–H groups in total. The second kappa shape index (κ2) is 3.35. The summed E-state index contributed by atoms with van der Waals surface area (Å²) in [5.74, 6) is -6.35. The van der Waals surface area contributed by atoms with Crippen LogP contribution in [0.4, 0.5) is 0 Å². The van der Waals surface area contributed by atoms with E-state index in [4.69, 9.17) is 15.3 Å². The summed E-state index contributed by atoms with van der Waals surface area (Å²) in [7, 11) is 0. The number of aliphatic carboxylic acids is 2. The van der Waals surface area contributed by atoms with Gasteiger partial charge in [0.05, 0.1) is 0 Å². The Balaban J connectivity index is 4.44. The van der Waals surface area contributed by atoms with Gasteiger partial charge in [0, 0.05) is 6.08 Å². The lowest BCUT2D eigenvalue weighted by Gasteiger charge is -1.87. The summed E-state index contributed by atoms with van der Waals surface area (Å²) in [6.07, 6.45) is 0.116. The Hall–Kier alpha value is -1.85. The van der Waals surface area contributed by atoms with Crippen LogP contribution in [0.3, 0.4) is 0 Å². The van der Waals surface area contributed by atoms with E-state index in [1.54, 1.807) is 0 Å². The molecular weight excluding hydrogens is 156 g/mol. The summed E-state index contributed by atoms with van der Waals surface area (Å²) in [6, 6.07) is 0. The number of aliphatic hydroxyl groups excluding tert-OH is 1. The third-order valence-electron chi connectivity index (χ3n) is 0.698. The van der Waals surface area contributed by atoms with Crippen molar-refractivity contribution in [1.29, 1.82) is 0 Å². The summed E-state index contributed by atoms with van der Waals surface area (Å²) in [5.41, 5.74) is 0. The average molecular weight is 160 g/mol. The van der Waals surface area contributed by atoms with Crippen LogP contribution in [-0.2, 0) is 14.4 Å². The van der Waals surface area contributed by atoms with Crippen molar-refractivity contribution in [3.63, 3.8) is 0 Å². The molecule has 0 heterocycles. The lowest BCUT2D eigenvalue weighted by Crippen LogP contribution is -2.12. The maximum absolute atomic E-state index is 10.2. The maximum atomic E-state index is 10.2. The predicted molar refractivity (Wildman–Crippen MR) is 31.0 cm³/mol. The van der Waals surface area contributed by atoms with E-state index in [-0.39, 0.29) is 6.08 Å². The van der Waals surface area contributed by atoms with Gasteiger partial charge in [0.2, 0.25) is 5.76 Å². The summed E-state index contributed by atoms with van der Waals surface area (Å²) in [6.45, 7) is 0. The molecule has 0 aliphatic heterocycles. The van der Waals surface area contributed by atoms with Crippen LogP contribution < -0.4 is 0 Å². The van der Waals surface area contributed by atoms with Gasteiger partial charge in [-0.2, -0.15) is 0 Å². The number of carbonyl (C=O) groups excluding carboxylic acids is 1. The van der Waals surface area contributed by atoms with E-state index in [2.05, 4.69) is 0 Å². The zero-order chi connectivity index (χ0) is 9.02. The van der Waals surface area contributed by atoms with Crippen LogP contribution >= 0.6 is 0 Å². The monoisotopic (exact) mass is 160 g/mol.